The molecule has 0 spiro atoms. The van der Waals surface area contributed by atoms with E-state index in [1.165, 1.54) is 0 Å². The van der Waals surface area contributed by atoms with Gasteiger partial charge in [0.2, 0.25) is 0 Å². The van der Waals surface area contributed by atoms with E-state index in [1.54, 1.807) is 11.1 Å². The summed E-state index contributed by atoms with van der Waals surface area (Å²) in [6.45, 7) is 8.10. The molecule has 1 amide bonds. The Kier molecular flexibility index (Phi) is 6.42. The van der Waals surface area contributed by atoms with Crippen LogP contribution < -0.4 is 5.73 Å². The zero-order valence-electron chi connectivity index (χ0n) is 18.6. The van der Waals surface area contributed by atoms with Crippen molar-refractivity contribution < 1.29 is 4.79 Å². The van der Waals surface area contributed by atoms with Crippen molar-refractivity contribution in [2.75, 3.05) is 19.6 Å². The summed E-state index contributed by atoms with van der Waals surface area (Å²) in [5, 5.41) is 5.82. The highest BCUT2D eigenvalue weighted by Gasteiger charge is 2.30. The zero-order valence-corrected chi connectivity index (χ0v) is 18.6. The first kappa shape index (κ1) is 21.8. The van der Waals surface area contributed by atoms with Crippen LogP contribution in [0, 0.1) is 12.3 Å². The molecule has 2 saturated heterocycles. The third-order valence-electron chi connectivity index (χ3n) is 6.23. The molecule has 3 aliphatic heterocycles. The number of rotatable bonds is 3. The minimum absolute atomic E-state index is 0.0148. The lowest BCUT2D eigenvalue weighted by Crippen LogP contribution is -2.43. The second kappa shape index (κ2) is 9.41. The molecule has 0 aliphatic carbocycles. The number of amides is 1. The molecule has 4 rings (SSSR count). The number of terminal acetylenes is 1. The molecule has 3 aliphatic rings. The average molecular weight is 431 g/mol. The molecule has 166 valence electrons. The highest BCUT2D eigenvalue weighted by atomic mass is 16.2. The van der Waals surface area contributed by atoms with Crippen LogP contribution in [0.5, 0.6) is 0 Å². The van der Waals surface area contributed by atoms with E-state index in [0.717, 1.165) is 50.2 Å². The van der Waals surface area contributed by atoms with Gasteiger partial charge in [0.1, 0.15) is 5.84 Å². The largest absolute Gasteiger partial charge is 0.355 e. The van der Waals surface area contributed by atoms with Gasteiger partial charge in [-0.15, -0.1) is 6.42 Å². The first-order valence-corrected chi connectivity index (χ1v) is 11.1. The van der Waals surface area contributed by atoms with Crippen molar-refractivity contribution in [2.24, 2.45) is 15.8 Å². The number of piperidine rings is 1. The number of nitrogens with zero attached hydrogens (tertiary/aromatic N) is 5. The van der Waals surface area contributed by atoms with E-state index in [9.17, 15) is 4.79 Å². The summed E-state index contributed by atoms with van der Waals surface area (Å²) in [7, 11) is 0. The van der Waals surface area contributed by atoms with Crippen molar-refractivity contribution in [1.82, 2.24) is 14.8 Å². The van der Waals surface area contributed by atoms with Crippen LogP contribution in [-0.2, 0) is 0 Å². The van der Waals surface area contributed by atoms with Gasteiger partial charge in [-0.1, -0.05) is 12.0 Å². The van der Waals surface area contributed by atoms with Gasteiger partial charge in [-0.3, -0.25) is 4.79 Å². The number of likely N-dealkylation sites (tertiary alicyclic amines) is 2. The molecular weight excluding hydrogens is 400 g/mol. The van der Waals surface area contributed by atoms with Gasteiger partial charge in [0.25, 0.3) is 5.91 Å². The first-order chi connectivity index (χ1) is 15.5. The number of hydrazone groups is 1. The minimum Gasteiger partial charge on any atom is -0.355 e. The summed E-state index contributed by atoms with van der Waals surface area (Å²) in [6.07, 6.45) is 13.4. The fourth-order valence-corrected chi connectivity index (χ4v) is 4.54. The van der Waals surface area contributed by atoms with Crippen molar-refractivity contribution >= 4 is 18.5 Å². The van der Waals surface area contributed by atoms with Crippen molar-refractivity contribution in [2.45, 2.75) is 44.7 Å². The molecule has 2 atom stereocenters. The van der Waals surface area contributed by atoms with E-state index in [0.29, 0.717) is 23.5 Å². The second-order valence-electron chi connectivity index (χ2n) is 8.54. The molecular formula is C25H30N6O. The van der Waals surface area contributed by atoms with Gasteiger partial charge in [-0.2, -0.15) is 5.10 Å². The maximum absolute atomic E-state index is 13.3. The Morgan fingerprint density at radius 1 is 1.34 bits per heavy atom. The lowest BCUT2D eigenvalue weighted by molar-refractivity contribution is 0.0662. The Balaban J connectivity index is 1.64. The third kappa shape index (κ3) is 4.46. The van der Waals surface area contributed by atoms with Gasteiger partial charge < -0.3 is 15.5 Å². The van der Waals surface area contributed by atoms with E-state index in [4.69, 9.17) is 17.1 Å². The van der Waals surface area contributed by atoms with Crippen molar-refractivity contribution in [1.29, 1.82) is 0 Å². The summed E-state index contributed by atoms with van der Waals surface area (Å²) in [5.41, 5.74) is 8.45. The number of hydrogen-bond donors (Lipinski definition) is 1. The topological polar surface area (TPSA) is 77.5 Å². The van der Waals surface area contributed by atoms with E-state index >= 15 is 0 Å². The molecule has 0 radical (unpaired) electrons. The molecule has 0 saturated carbocycles. The van der Waals surface area contributed by atoms with Crippen LogP contribution >= 0.6 is 0 Å². The maximum atomic E-state index is 13.3. The van der Waals surface area contributed by atoms with E-state index in [1.807, 2.05) is 42.3 Å². The van der Waals surface area contributed by atoms with Crippen molar-refractivity contribution in [3.05, 3.63) is 59.1 Å². The molecule has 7 heteroatoms. The molecule has 3 heterocycles. The number of hydrogen-bond acceptors (Lipinski definition) is 6. The maximum Gasteiger partial charge on any atom is 0.254 e. The van der Waals surface area contributed by atoms with Crippen LogP contribution in [0.25, 0.3) is 0 Å². The van der Waals surface area contributed by atoms with E-state index in [-0.39, 0.29) is 18.0 Å². The molecule has 1 aromatic carbocycles. The molecule has 2 fully saturated rings. The number of carbonyl (C=O) groups is 1. The molecule has 1 unspecified atom stereocenters. The zero-order chi connectivity index (χ0) is 22.7. The molecule has 0 bridgehead atoms. The smallest absolute Gasteiger partial charge is 0.254 e. The standard InChI is InChI=1S/C25H30N6O/c1-4-19-8-7-9-20(14-19)25(32)30-12-6-5-10-22(30)15-23-28-24(18(2)16-31(23)27-3)29-13-11-21(26)17-29/h1,7-9,14-16,21-22H,3,5-6,10-13,17,26H2,2H3/b23-15-/t21-,22?/m0/s1. The van der Waals surface area contributed by atoms with Gasteiger partial charge in [-0.25, -0.2) is 10.0 Å². The Labute approximate surface area is 190 Å². The van der Waals surface area contributed by atoms with Gasteiger partial charge in [-0.05, 0) is 56.9 Å². The Bertz CT molecular complexity index is 1030. The van der Waals surface area contributed by atoms with Crippen molar-refractivity contribution in [3.63, 3.8) is 0 Å². The SMILES string of the molecule is C#Cc1cccc(C(=O)N2CCCCC2/C=C2/N=C(N3CC[C@H](N)C3)C(C)=CN2N=C)c1. The fourth-order valence-electron chi connectivity index (χ4n) is 4.54. The quantitative estimate of drug-likeness (QED) is 0.591. The lowest BCUT2D eigenvalue weighted by atomic mass is 9.99. The number of nitrogens with two attached hydrogens (primary N) is 1. The molecule has 1 aromatic rings. The monoisotopic (exact) mass is 430 g/mol. The van der Waals surface area contributed by atoms with E-state index < -0.39 is 0 Å². The van der Waals surface area contributed by atoms with Gasteiger partial charge in [0, 0.05) is 55.3 Å². The number of aliphatic imine (C=N–C) groups is 1. The fraction of sp³-hybridized carbons (Fsp3) is 0.400. The Morgan fingerprint density at radius 2 is 2.19 bits per heavy atom. The predicted molar refractivity (Wildman–Crippen MR) is 128 cm³/mol. The summed E-state index contributed by atoms with van der Waals surface area (Å²) >= 11 is 0. The highest BCUT2D eigenvalue weighted by Crippen LogP contribution is 2.27. The first-order valence-electron chi connectivity index (χ1n) is 11.1. The third-order valence-corrected chi connectivity index (χ3v) is 6.23. The molecule has 32 heavy (non-hydrogen) atoms. The second-order valence-corrected chi connectivity index (χ2v) is 8.54. The lowest BCUT2D eigenvalue weighted by Gasteiger charge is -2.35. The Morgan fingerprint density at radius 3 is 2.91 bits per heavy atom. The summed E-state index contributed by atoms with van der Waals surface area (Å²) in [5.74, 6) is 4.19. The Hall–Kier alpha value is -3.37. The van der Waals surface area contributed by atoms with Crippen molar-refractivity contribution in [3.8, 4) is 12.3 Å². The molecule has 7 nitrogen and oxygen atoms in total. The summed E-state index contributed by atoms with van der Waals surface area (Å²) < 4.78 is 0. The predicted octanol–water partition coefficient (Wildman–Crippen LogP) is 2.77. The molecule has 2 N–H and O–H groups in total. The normalized spacial score (nSPS) is 24.8. The molecule has 0 aromatic heterocycles. The van der Waals surface area contributed by atoms with Crippen LogP contribution in [0.3, 0.4) is 0 Å². The van der Waals surface area contributed by atoms with Gasteiger partial charge >= 0.3 is 0 Å². The number of amidine groups is 1. The number of carbonyl (C=O) groups excluding carboxylic acids is 1. The average Bonchev–Trinajstić information content (AvgIpc) is 3.25. The highest BCUT2D eigenvalue weighted by molar-refractivity contribution is 5.99. The van der Waals surface area contributed by atoms with Crippen LogP contribution in [0.1, 0.15) is 48.5 Å². The van der Waals surface area contributed by atoms with Crippen LogP contribution in [0.15, 0.2) is 58.0 Å². The van der Waals surface area contributed by atoms with Gasteiger partial charge in [0.15, 0.2) is 5.82 Å². The summed E-state index contributed by atoms with van der Waals surface area (Å²) in [4.78, 5) is 22.4. The van der Waals surface area contributed by atoms with E-state index in [2.05, 4.69) is 22.6 Å². The summed E-state index contributed by atoms with van der Waals surface area (Å²) in [6, 6.07) is 7.34. The van der Waals surface area contributed by atoms with Crippen LogP contribution in [0.4, 0.5) is 0 Å². The van der Waals surface area contributed by atoms with Crippen LogP contribution in [0.2, 0.25) is 0 Å². The van der Waals surface area contributed by atoms with Crippen LogP contribution in [-0.4, -0.2) is 65.0 Å². The van der Waals surface area contributed by atoms with Gasteiger partial charge in [0.05, 0.1) is 6.04 Å². The number of benzene rings is 1. The minimum atomic E-state index is -0.0809.